The van der Waals surface area contributed by atoms with Crippen LogP contribution in [0.1, 0.15) is 34.3 Å². The maximum absolute atomic E-state index is 12.8. The highest BCUT2D eigenvalue weighted by Gasteiger charge is 2.04. The molecule has 0 aliphatic rings. The molecule has 0 atom stereocenters. The number of carbonyl (C=O) groups is 2. The average Bonchev–Trinajstić information content (AvgIpc) is 2.55. The lowest BCUT2D eigenvalue weighted by atomic mass is 10.1. The molecular weight excluding hydrogens is 297 g/mol. The molecule has 0 saturated carbocycles. The van der Waals surface area contributed by atoms with Crippen LogP contribution in [0.15, 0.2) is 48.5 Å². The molecule has 0 heterocycles. The van der Waals surface area contributed by atoms with Gasteiger partial charge in [-0.25, -0.2) is 9.18 Å². The molecular formula is C18H18FNO3. The maximum Gasteiger partial charge on any atom is 0.335 e. The number of amides is 1. The normalized spacial score (nSPS) is 10.3. The van der Waals surface area contributed by atoms with Crippen molar-refractivity contribution in [2.45, 2.75) is 25.8 Å². The molecule has 1 amide bonds. The predicted molar refractivity (Wildman–Crippen MR) is 84.6 cm³/mol. The zero-order chi connectivity index (χ0) is 16.7. The van der Waals surface area contributed by atoms with Crippen LogP contribution in [0.5, 0.6) is 0 Å². The van der Waals surface area contributed by atoms with Gasteiger partial charge in [0.15, 0.2) is 0 Å². The summed E-state index contributed by atoms with van der Waals surface area (Å²) < 4.78 is 12.8. The van der Waals surface area contributed by atoms with E-state index in [4.69, 9.17) is 5.11 Å². The molecule has 0 saturated heterocycles. The van der Waals surface area contributed by atoms with E-state index >= 15 is 0 Å². The van der Waals surface area contributed by atoms with Gasteiger partial charge in [-0.2, -0.15) is 0 Å². The van der Waals surface area contributed by atoms with Gasteiger partial charge in [-0.1, -0.05) is 24.3 Å². The van der Waals surface area contributed by atoms with E-state index in [0.717, 1.165) is 17.5 Å². The highest BCUT2D eigenvalue weighted by atomic mass is 19.1. The van der Waals surface area contributed by atoms with E-state index < -0.39 is 5.97 Å². The molecule has 0 aromatic heterocycles. The molecule has 0 unspecified atom stereocenters. The van der Waals surface area contributed by atoms with Crippen LogP contribution in [0.2, 0.25) is 0 Å². The highest BCUT2D eigenvalue weighted by molar-refractivity contribution is 5.87. The van der Waals surface area contributed by atoms with E-state index in [2.05, 4.69) is 5.32 Å². The predicted octanol–water partition coefficient (Wildman–Crippen LogP) is 3.16. The first-order chi connectivity index (χ1) is 11.0. The molecule has 0 fully saturated rings. The molecule has 23 heavy (non-hydrogen) atoms. The fourth-order valence-corrected chi connectivity index (χ4v) is 2.16. The lowest BCUT2D eigenvalue weighted by molar-refractivity contribution is -0.121. The molecule has 2 aromatic rings. The maximum atomic E-state index is 12.8. The second-order valence-electron chi connectivity index (χ2n) is 5.26. The van der Waals surface area contributed by atoms with Gasteiger partial charge in [0.05, 0.1) is 5.56 Å². The Morgan fingerprint density at radius 1 is 0.957 bits per heavy atom. The Labute approximate surface area is 134 Å². The van der Waals surface area contributed by atoms with Gasteiger partial charge in [0.2, 0.25) is 5.91 Å². The molecule has 0 aliphatic carbocycles. The minimum atomic E-state index is -0.971. The molecule has 0 radical (unpaired) electrons. The molecule has 2 aromatic carbocycles. The average molecular weight is 315 g/mol. The number of aromatic carboxylic acids is 1. The second-order valence-corrected chi connectivity index (χ2v) is 5.26. The quantitative estimate of drug-likeness (QED) is 0.825. The first kappa shape index (κ1) is 16.7. The van der Waals surface area contributed by atoms with E-state index in [1.165, 1.54) is 24.3 Å². The summed E-state index contributed by atoms with van der Waals surface area (Å²) in [6.07, 6.45) is 1.81. The van der Waals surface area contributed by atoms with Gasteiger partial charge < -0.3 is 10.4 Å². The number of benzene rings is 2. The molecule has 120 valence electrons. The summed E-state index contributed by atoms with van der Waals surface area (Å²) in [5.41, 5.74) is 2.07. The number of nitrogens with one attached hydrogen (secondary N) is 1. The number of carboxylic acid groups (broad SMARTS) is 1. The number of carbonyl (C=O) groups excluding carboxylic acids is 1. The zero-order valence-corrected chi connectivity index (χ0v) is 12.6. The smallest absolute Gasteiger partial charge is 0.335 e. The monoisotopic (exact) mass is 315 g/mol. The molecule has 2 rings (SSSR count). The van der Waals surface area contributed by atoms with Gasteiger partial charge in [-0.05, 0) is 48.2 Å². The van der Waals surface area contributed by atoms with Crippen molar-refractivity contribution in [1.82, 2.24) is 5.32 Å². The van der Waals surface area contributed by atoms with Crippen molar-refractivity contribution in [3.8, 4) is 0 Å². The zero-order valence-electron chi connectivity index (χ0n) is 12.6. The van der Waals surface area contributed by atoms with E-state index in [1.807, 2.05) is 0 Å². The van der Waals surface area contributed by atoms with Gasteiger partial charge in [0.1, 0.15) is 5.82 Å². The number of aryl methyl sites for hydroxylation is 1. The second kappa shape index (κ2) is 8.08. The largest absolute Gasteiger partial charge is 0.478 e. The fraction of sp³-hybridized carbons (Fsp3) is 0.222. The van der Waals surface area contributed by atoms with Crippen LogP contribution in [0, 0.1) is 5.82 Å². The molecule has 0 spiro atoms. The van der Waals surface area contributed by atoms with E-state index in [9.17, 15) is 14.0 Å². The minimum absolute atomic E-state index is 0.0607. The van der Waals surface area contributed by atoms with Gasteiger partial charge in [0, 0.05) is 13.0 Å². The van der Waals surface area contributed by atoms with Gasteiger partial charge in [-0.15, -0.1) is 0 Å². The van der Waals surface area contributed by atoms with Gasteiger partial charge in [0.25, 0.3) is 0 Å². The van der Waals surface area contributed by atoms with Crippen molar-refractivity contribution in [3.05, 3.63) is 71.0 Å². The third kappa shape index (κ3) is 5.54. The fourth-order valence-electron chi connectivity index (χ4n) is 2.16. The highest BCUT2D eigenvalue weighted by Crippen LogP contribution is 2.07. The molecule has 5 heteroatoms. The van der Waals surface area contributed by atoms with Gasteiger partial charge >= 0.3 is 5.97 Å². The summed E-state index contributed by atoms with van der Waals surface area (Å²) in [6, 6.07) is 12.7. The van der Waals surface area contributed by atoms with Crippen LogP contribution < -0.4 is 5.32 Å². The van der Waals surface area contributed by atoms with Crippen molar-refractivity contribution in [1.29, 1.82) is 0 Å². The third-order valence-electron chi connectivity index (χ3n) is 3.47. The Morgan fingerprint density at radius 3 is 2.17 bits per heavy atom. The summed E-state index contributed by atoms with van der Waals surface area (Å²) in [4.78, 5) is 22.5. The number of rotatable bonds is 7. The summed E-state index contributed by atoms with van der Waals surface area (Å²) >= 11 is 0. The lowest BCUT2D eigenvalue weighted by Gasteiger charge is -2.06. The Balaban J connectivity index is 1.70. The Bertz CT molecular complexity index is 666. The van der Waals surface area contributed by atoms with E-state index in [-0.39, 0.29) is 17.3 Å². The Hall–Kier alpha value is -2.69. The number of halogens is 1. The molecule has 4 nitrogen and oxygen atoms in total. The van der Waals surface area contributed by atoms with Crippen molar-refractivity contribution in [3.63, 3.8) is 0 Å². The topological polar surface area (TPSA) is 66.4 Å². The minimum Gasteiger partial charge on any atom is -0.478 e. The van der Waals surface area contributed by atoms with E-state index in [0.29, 0.717) is 19.4 Å². The number of hydrogen-bond acceptors (Lipinski definition) is 2. The van der Waals surface area contributed by atoms with Crippen LogP contribution in [0.3, 0.4) is 0 Å². The molecule has 0 aliphatic heterocycles. The Morgan fingerprint density at radius 2 is 1.57 bits per heavy atom. The van der Waals surface area contributed by atoms with Crippen molar-refractivity contribution >= 4 is 11.9 Å². The summed E-state index contributed by atoms with van der Waals surface area (Å²) in [6.45, 7) is 0.370. The van der Waals surface area contributed by atoms with Crippen molar-refractivity contribution < 1.29 is 19.1 Å². The van der Waals surface area contributed by atoms with Crippen LogP contribution in [0.25, 0.3) is 0 Å². The van der Waals surface area contributed by atoms with Crippen molar-refractivity contribution in [2.24, 2.45) is 0 Å². The SMILES string of the molecule is O=C(CCCc1ccc(F)cc1)NCc1ccc(C(=O)O)cc1. The van der Waals surface area contributed by atoms with Crippen LogP contribution in [-0.4, -0.2) is 17.0 Å². The summed E-state index contributed by atoms with van der Waals surface area (Å²) in [5.74, 6) is -1.30. The van der Waals surface area contributed by atoms with Crippen molar-refractivity contribution in [2.75, 3.05) is 0 Å². The molecule has 2 N–H and O–H groups in total. The Kier molecular flexibility index (Phi) is 5.86. The van der Waals surface area contributed by atoms with Gasteiger partial charge in [-0.3, -0.25) is 4.79 Å². The number of carboxylic acids is 1. The number of hydrogen-bond donors (Lipinski definition) is 2. The first-order valence-corrected chi connectivity index (χ1v) is 7.38. The summed E-state index contributed by atoms with van der Waals surface area (Å²) in [7, 11) is 0. The van der Waals surface area contributed by atoms with Crippen LogP contribution in [0.4, 0.5) is 4.39 Å². The van der Waals surface area contributed by atoms with E-state index in [1.54, 1.807) is 24.3 Å². The third-order valence-corrected chi connectivity index (χ3v) is 3.47. The standard InChI is InChI=1S/C18H18FNO3/c19-16-10-6-13(7-11-16)2-1-3-17(21)20-12-14-4-8-15(9-5-14)18(22)23/h4-11H,1-3,12H2,(H,20,21)(H,22,23). The lowest BCUT2D eigenvalue weighted by Crippen LogP contribution is -2.22. The first-order valence-electron chi connectivity index (χ1n) is 7.38. The summed E-state index contributed by atoms with van der Waals surface area (Å²) in [5, 5.41) is 11.6. The van der Waals surface area contributed by atoms with Crippen LogP contribution in [-0.2, 0) is 17.8 Å². The molecule has 0 bridgehead atoms. The van der Waals surface area contributed by atoms with Crippen LogP contribution >= 0.6 is 0 Å².